The van der Waals surface area contributed by atoms with Crippen molar-refractivity contribution in [3.63, 3.8) is 0 Å². The minimum absolute atomic E-state index is 1.07. The van der Waals surface area contributed by atoms with Crippen molar-refractivity contribution in [3.05, 3.63) is 46.9 Å². The summed E-state index contributed by atoms with van der Waals surface area (Å²) in [4.78, 5) is 5.27. The van der Waals surface area contributed by atoms with Crippen LogP contribution in [0.1, 0.15) is 33.6 Å². The minimum Gasteiger partial charge on any atom is -0.368 e. The van der Waals surface area contributed by atoms with Crippen LogP contribution in [0.5, 0.6) is 0 Å². The van der Waals surface area contributed by atoms with Crippen molar-refractivity contribution in [1.82, 2.24) is 5.32 Å². The van der Waals surface area contributed by atoms with E-state index in [2.05, 4.69) is 80.3 Å². The zero-order valence-electron chi connectivity index (χ0n) is 15.2. The molecule has 0 aromatic heterocycles. The highest BCUT2D eigenvalue weighted by atomic mass is 32.2. The summed E-state index contributed by atoms with van der Waals surface area (Å²) < 4.78 is 0. The van der Waals surface area contributed by atoms with Crippen LogP contribution in [0.2, 0.25) is 0 Å². The quantitative estimate of drug-likeness (QED) is 0.440. The summed E-state index contributed by atoms with van der Waals surface area (Å²) in [5.41, 5.74) is 2.84. The Morgan fingerprint density at radius 2 is 1.88 bits per heavy atom. The molecule has 1 fully saturated rings. The van der Waals surface area contributed by atoms with E-state index in [1.807, 2.05) is 11.8 Å². The molecule has 130 valence electrons. The van der Waals surface area contributed by atoms with Gasteiger partial charge in [-0.15, -0.1) is 12.8 Å². The summed E-state index contributed by atoms with van der Waals surface area (Å²) in [5, 5.41) is 3.43. The van der Waals surface area contributed by atoms with E-state index in [1.165, 1.54) is 21.1 Å². The molecule has 0 atom stereocenters. The highest BCUT2D eigenvalue weighted by Crippen LogP contribution is 2.37. The fourth-order valence-electron chi connectivity index (χ4n) is 2.49. The van der Waals surface area contributed by atoms with E-state index in [4.69, 9.17) is 0 Å². The van der Waals surface area contributed by atoms with Gasteiger partial charge in [0.25, 0.3) is 0 Å². The number of nitrogens with one attached hydrogen (secondary N) is 1. The molecule has 1 heterocycles. The second-order valence-electron chi connectivity index (χ2n) is 5.62. The number of nitrogens with zero attached hydrogens (tertiary/aromatic N) is 1. The molecule has 1 aromatic rings. The van der Waals surface area contributed by atoms with Crippen molar-refractivity contribution < 1.29 is 0 Å². The second kappa shape index (κ2) is 11.8. The van der Waals surface area contributed by atoms with Crippen LogP contribution in [0.15, 0.2) is 51.8 Å². The third kappa shape index (κ3) is 6.11. The van der Waals surface area contributed by atoms with Crippen molar-refractivity contribution >= 4 is 17.4 Å². The first-order valence-corrected chi connectivity index (χ1v) is 9.50. The lowest BCUT2D eigenvalue weighted by Crippen LogP contribution is -2.43. The van der Waals surface area contributed by atoms with Gasteiger partial charge in [0.05, 0.1) is 5.69 Å². The molecule has 1 N–H and O–H groups in total. The van der Waals surface area contributed by atoms with Crippen LogP contribution in [0.3, 0.4) is 0 Å². The lowest BCUT2D eigenvalue weighted by molar-refractivity contribution is 0.587. The van der Waals surface area contributed by atoms with Crippen molar-refractivity contribution in [2.45, 2.75) is 38.5 Å². The van der Waals surface area contributed by atoms with Gasteiger partial charge in [-0.2, -0.15) is 0 Å². The normalized spacial score (nSPS) is 15.6. The van der Waals surface area contributed by atoms with Crippen LogP contribution in [-0.2, 0) is 0 Å². The number of hydrogen-bond donors (Lipinski definition) is 1. The van der Waals surface area contributed by atoms with E-state index in [0.29, 0.717) is 0 Å². The predicted octanol–water partition coefficient (Wildman–Crippen LogP) is 5.09. The fraction of sp³-hybridized carbons (Fsp3) is 0.429. The Morgan fingerprint density at radius 1 is 1.21 bits per heavy atom. The van der Waals surface area contributed by atoms with Gasteiger partial charge in [-0.3, -0.25) is 0 Å². The Balaban J connectivity index is 0.00000139. The van der Waals surface area contributed by atoms with Crippen molar-refractivity contribution in [2.24, 2.45) is 0 Å². The first kappa shape index (κ1) is 20.4. The van der Waals surface area contributed by atoms with Crippen molar-refractivity contribution in [1.29, 1.82) is 0 Å². The van der Waals surface area contributed by atoms with Crippen LogP contribution in [0.4, 0.5) is 5.69 Å². The maximum Gasteiger partial charge on any atom is 0.0508 e. The molecule has 3 heteroatoms. The van der Waals surface area contributed by atoms with E-state index >= 15 is 0 Å². The zero-order valence-corrected chi connectivity index (χ0v) is 16.0. The second-order valence-corrected chi connectivity index (χ2v) is 6.70. The first-order valence-electron chi connectivity index (χ1n) is 8.68. The lowest BCUT2D eigenvalue weighted by atomic mass is 10.2. The molecule has 0 radical (unpaired) electrons. The number of allylic oxidation sites excluding steroid dienone is 3. The number of benzene rings is 1. The number of hydrogen-bond acceptors (Lipinski definition) is 3. The number of terminal acetylenes is 1. The Bertz CT molecular complexity index is 566. The molecule has 1 aliphatic heterocycles. The summed E-state index contributed by atoms with van der Waals surface area (Å²) >= 11 is 1.91. The fourth-order valence-corrected chi connectivity index (χ4v) is 3.66. The summed E-state index contributed by atoms with van der Waals surface area (Å²) in [6.07, 6.45) is 14.7. The predicted molar refractivity (Wildman–Crippen MR) is 110 cm³/mol. The van der Waals surface area contributed by atoms with Crippen molar-refractivity contribution in [2.75, 3.05) is 31.1 Å². The van der Waals surface area contributed by atoms with Gasteiger partial charge in [0.1, 0.15) is 0 Å². The summed E-state index contributed by atoms with van der Waals surface area (Å²) in [7, 11) is 0. The standard InChI is InChI=1S/C19H28N2S.C2H2/c1-4-6-10-18(16(3)5-2)22-19-11-8-7-9-17(19)21-14-12-20-13-15-21;1-2/h6-11,20H,4-5,12-15H2,1-3H3;1-2H/b10-6-,18-16+;. The average molecular weight is 343 g/mol. The van der Waals surface area contributed by atoms with Crippen molar-refractivity contribution in [3.8, 4) is 12.8 Å². The molecule has 0 bridgehead atoms. The van der Waals surface area contributed by atoms with E-state index in [9.17, 15) is 0 Å². The highest BCUT2D eigenvalue weighted by Gasteiger charge is 2.15. The van der Waals surface area contributed by atoms with Gasteiger partial charge in [0.15, 0.2) is 0 Å². The Morgan fingerprint density at radius 3 is 2.50 bits per heavy atom. The van der Waals surface area contributed by atoms with Crippen LogP contribution < -0.4 is 10.2 Å². The average Bonchev–Trinajstić information content (AvgIpc) is 2.67. The van der Waals surface area contributed by atoms with Gasteiger partial charge in [0.2, 0.25) is 0 Å². The molecule has 1 saturated heterocycles. The van der Waals surface area contributed by atoms with Crippen LogP contribution in [-0.4, -0.2) is 26.2 Å². The smallest absolute Gasteiger partial charge is 0.0508 e. The van der Waals surface area contributed by atoms with Gasteiger partial charge >= 0.3 is 0 Å². The number of para-hydroxylation sites is 1. The van der Waals surface area contributed by atoms with E-state index < -0.39 is 0 Å². The molecule has 24 heavy (non-hydrogen) atoms. The van der Waals surface area contributed by atoms with Gasteiger partial charge in [-0.1, -0.05) is 55.5 Å². The number of thioether (sulfide) groups is 1. The highest BCUT2D eigenvalue weighted by molar-refractivity contribution is 8.03. The Kier molecular flexibility index (Phi) is 10.1. The van der Waals surface area contributed by atoms with Gasteiger partial charge in [-0.05, 0) is 31.9 Å². The minimum atomic E-state index is 1.07. The van der Waals surface area contributed by atoms with E-state index in [0.717, 1.165) is 39.0 Å². The van der Waals surface area contributed by atoms with Gasteiger partial charge in [0, 0.05) is 36.0 Å². The third-order valence-electron chi connectivity index (χ3n) is 4.00. The molecule has 0 unspecified atom stereocenters. The van der Waals surface area contributed by atoms with Crippen LogP contribution >= 0.6 is 11.8 Å². The van der Waals surface area contributed by atoms with E-state index in [-0.39, 0.29) is 0 Å². The molecule has 1 aliphatic rings. The van der Waals surface area contributed by atoms with Gasteiger partial charge < -0.3 is 10.2 Å². The number of rotatable bonds is 6. The maximum atomic E-state index is 4.00. The molecule has 0 spiro atoms. The molecular formula is C21H30N2S. The molecular weight excluding hydrogens is 312 g/mol. The molecule has 0 amide bonds. The molecule has 2 nitrogen and oxygen atoms in total. The molecule has 0 aliphatic carbocycles. The summed E-state index contributed by atoms with van der Waals surface area (Å²) in [6, 6.07) is 8.82. The van der Waals surface area contributed by atoms with Crippen LogP contribution in [0.25, 0.3) is 0 Å². The Hall–Kier alpha value is -1.63. The summed E-state index contributed by atoms with van der Waals surface area (Å²) in [6.45, 7) is 11.0. The number of anilines is 1. The Labute approximate surface area is 152 Å². The zero-order chi connectivity index (χ0) is 17.8. The lowest BCUT2D eigenvalue weighted by Gasteiger charge is -2.31. The topological polar surface area (TPSA) is 15.3 Å². The first-order chi connectivity index (χ1) is 11.8. The summed E-state index contributed by atoms with van der Waals surface area (Å²) in [5.74, 6) is 0. The largest absolute Gasteiger partial charge is 0.368 e. The van der Waals surface area contributed by atoms with Gasteiger partial charge in [-0.25, -0.2) is 0 Å². The molecule has 2 rings (SSSR count). The SMILES string of the molecule is C#C.CC/C=C\C(Sc1ccccc1N1CCNCC1)=C(\C)CC. The molecule has 0 saturated carbocycles. The number of piperazine rings is 1. The molecule has 1 aromatic carbocycles. The monoisotopic (exact) mass is 342 g/mol. The maximum absolute atomic E-state index is 4.00. The van der Waals surface area contributed by atoms with E-state index in [1.54, 1.807) is 0 Å². The van der Waals surface area contributed by atoms with Crippen LogP contribution in [0, 0.1) is 12.8 Å². The third-order valence-corrected chi connectivity index (χ3v) is 5.27.